The molecule has 1 aromatic rings. The number of hydrogen-bond donors (Lipinski definition) is 2. The predicted molar refractivity (Wildman–Crippen MR) is 59.5 cm³/mol. The van der Waals surface area contributed by atoms with Crippen molar-refractivity contribution >= 4 is 5.91 Å². The van der Waals surface area contributed by atoms with Crippen LogP contribution in [-0.2, 0) is 11.2 Å². The quantitative estimate of drug-likeness (QED) is 0.760. The molecule has 0 aromatic heterocycles. The van der Waals surface area contributed by atoms with Gasteiger partial charge < -0.3 is 10.4 Å². The van der Waals surface area contributed by atoms with Crippen molar-refractivity contribution in [2.75, 3.05) is 6.61 Å². The van der Waals surface area contributed by atoms with E-state index in [1.807, 2.05) is 37.3 Å². The molecule has 0 saturated carbocycles. The Morgan fingerprint density at radius 1 is 1.40 bits per heavy atom. The monoisotopic (exact) mass is 207 g/mol. The Morgan fingerprint density at radius 2 is 2.07 bits per heavy atom. The van der Waals surface area contributed by atoms with E-state index in [0.717, 1.165) is 12.0 Å². The summed E-state index contributed by atoms with van der Waals surface area (Å²) in [4.78, 5) is 11.5. The zero-order chi connectivity index (χ0) is 11.1. The lowest BCUT2D eigenvalue weighted by Gasteiger charge is -2.13. The third-order valence-corrected chi connectivity index (χ3v) is 2.29. The van der Waals surface area contributed by atoms with E-state index >= 15 is 0 Å². The summed E-state index contributed by atoms with van der Waals surface area (Å²) in [7, 11) is 0. The Morgan fingerprint density at radius 3 is 2.60 bits per heavy atom. The fourth-order valence-electron chi connectivity index (χ4n) is 1.34. The van der Waals surface area contributed by atoms with E-state index in [9.17, 15) is 4.79 Å². The highest BCUT2D eigenvalue weighted by Crippen LogP contribution is 2.00. The normalized spacial score (nSPS) is 12.1. The fourth-order valence-corrected chi connectivity index (χ4v) is 1.34. The van der Waals surface area contributed by atoms with Crippen LogP contribution in [-0.4, -0.2) is 23.7 Å². The molecule has 0 aliphatic carbocycles. The Hall–Kier alpha value is -1.35. The molecule has 0 saturated heterocycles. The number of amides is 1. The Balaban J connectivity index is 2.43. The summed E-state index contributed by atoms with van der Waals surface area (Å²) in [5, 5.41) is 11.7. The minimum absolute atomic E-state index is 0.00295. The maximum absolute atomic E-state index is 11.5. The van der Waals surface area contributed by atoms with Crippen LogP contribution in [0.5, 0.6) is 0 Å². The molecule has 1 aromatic carbocycles. The molecule has 2 N–H and O–H groups in total. The number of rotatable bonds is 5. The molecule has 0 spiro atoms. The molecular weight excluding hydrogens is 190 g/mol. The van der Waals surface area contributed by atoms with Gasteiger partial charge in [0.2, 0.25) is 5.91 Å². The van der Waals surface area contributed by atoms with Crippen LogP contribution in [0.15, 0.2) is 30.3 Å². The maximum Gasteiger partial charge on any atom is 0.224 e. The van der Waals surface area contributed by atoms with Gasteiger partial charge in [-0.05, 0) is 12.0 Å². The molecule has 0 bridgehead atoms. The van der Waals surface area contributed by atoms with E-state index < -0.39 is 0 Å². The smallest absolute Gasteiger partial charge is 0.224 e. The summed E-state index contributed by atoms with van der Waals surface area (Å²) in [6.45, 7) is 1.93. The fraction of sp³-hybridized carbons (Fsp3) is 0.417. The standard InChI is InChI=1S/C12H17NO2/c1-2-11(9-14)13-12(15)8-10-6-4-3-5-7-10/h3-7,11,14H,2,8-9H2,1H3,(H,13,15). The van der Waals surface area contributed by atoms with Crippen LogP contribution in [0.1, 0.15) is 18.9 Å². The number of aliphatic hydroxyl groups is 1. The van der Waals surface area contributed by atoms with Gasteiger partial charge in [-0.25, -0.2) is 0 Å². The number of nitrogens with one attached hydrogen (secondary N) is 1. The van der Waals surface area contributed by atoms with E-state index in [0.29, 0.717) is 6.42 Å². The van der Waals surface area contributed by atoms with Crippen LogP contribution in [0.2, 0.25) is 0 Å². The third kappa shape index (κ3) is 4.13. The van der Waals surface area contributed by atoms with E-state index in [4.69, 9.17) is 5.11 Å². The molecule has 1 unspecified atom stereocenters. The first-order chi connectivity index (χ1) is 7.26. The van der Waals surface area contributed by atoms with Crippen LogP contribution < -0.4 is 5.32 Å². The average molecular weight is 207 g/mol. The van der Waals surface area contributed by atoms with Gasteiger partial charge in [0.05, 0.1) is 19.1 Å². The maximum atomic E-state index is 11.5. The van der Waals surface area contributed by atoms with Gasteiger partial charge in [0.15, 0.2) is 0 Å². The van der Waals surface area contributed by atoms with Gasteiger partial charge in [0, 0.05) is 0 Å². The van der Waals surface area contributed by atoms with Crippen molar-refractivity contribution in [1.82, 2.24) is 5.32 Å². The van der Waals surface area contributed by atoms with Crippen molar-refractivity contribution < 1.29 is 9.90 Å². The first kappa shape index (κ1) is 11.7. The second-order valence-corrected chi connectivity index (χ2v) is 3.52. The third-order valence-electron chi connectivity index (χ3n) is 2.29. The van der Waals surface area contributed by atoms with Crippen molar-refractivity contribution in [2.45, 2.75) is 25.8 Å². The lowest BCUT2D eigenvalue weighted by atomic mass is 10.1. The summed E-state index contributed by atoms with van der Waals surface area (Å²) >= 11 is 0. The largest absolute Gasteiger partial charge is 0.394 e. The highest BCUT2D eigenvalue weighted by Gasteiger charge is 2.08. The highest BCUT2D eigenvalue weighted by molar-refractivity contribution is 5.78. The van der Waals surface area contributed by atoms with Crippen molar-refractivity contribution in [1.29, 1.82) is 0 Å². The number of aliphatic hydroxyl groups excluding tert-OH is 1. The van der Waals surface area contributed by atoms with Crippen molar-refractivity contribution in [3.05, 3.63) is 35.9 Å². The van der Waals surface area contributed by atoms with Gasteiger partial charge in [0.1, 0.15) is 0 Å². The van der Waals surface area contributed by atoms with Crippen LogP contribution in [0.25, 0.3) is 0 Å². The summed E-state index contributed by atoms with van der Waals surface area (Å²) in [5.41, 5.74) is 0.989. The molecule has 0 fully saturated rings. The van der Waals surface area contributed by atoms with Gasteiger partial charge in [-0.15, -0.1) is 0 Å². The molecule has 3 nitrogen and oxygen atoms in total. The lowest BCUT2D eigenvalue weighted by Crippen LogP contribution is -2.37. The molecule has 3 heteroatoms. The van der Waals surface area contributed by atoms with Crippen molar-refractivity contribution in [3.8, 4) is 0 Å². The number of carbonyl (C=O) groups is 1. The molecule has 1 atom stereocenters. The second-order valence-electron chi connectivity index (χ2n) is 3.52. The second kappa shape index (κ2) is 6.19. The van der Waals surface area contributed by atoms with Gasteiger partial charge in [-0.2, -0.15) is 0 Å². The molecule has 0 aliphatic rings. The Bertz CT molecular complexity index is 294. The zero-order valence-electron chi connectivity index (χ0n) is 8.94. The van der Waals surface area contributed by atoms with Crippen LogP contribution in [0.4, 0.5) is 0 Å². The summed E-state index contributed by atoms with van der Waals surface area (Å²) in [6.07, 6.45) is 1.12. The van der Waals surface area contributed by atoms with E-state index in [-0.39, 0.29) is 18.6 Å². The Kier molecular flexibility index (Phi) is 4.84. The summed E-state index contributed by atoms with van der Waals surface area (Å²) < 4.78 is 0. The molecular formula is C12H17NO2. The molecule has 0 radical (unpaired) electrons. The minimum Gasteiger partial charge on any atom is -0.394 e. The SMILES string of the molecule is CCC(CO)NC(=O)Cc1ccccc1. The summed E-state index contributed by atoms with van der Waals surface area (Å²) in [6, 6.07) is 9.45. The van der Waals surface area contributed by atoms with E-state index in [2.05, 4.69) is 5.32 Å². The van der Waals surface area contributed by atoms with Crippen LogP contribution >= 0.6 is 0 Å². The van der Waals surface area contributed by atoms with Gasteiger partial charge in [0.25, 0.3) is 0 Å². The molecule has 1 rings (SSSR count). The number of hydrogen-bond acceptors (Lipinski definition) is 2. The molecule has 15 heavy (non-hydrogen) atoms. The predicted octanol–water partition coefficient (Wildman–Crippen LogP) is 1.12. The number of carbonyl (C=O) groups excluding carboxylic acids is 1. The highest BCUT2D eigenvalue weighted by atomic mass is 16.3. The molecule has 82 valence electrons. The molecule has 0 aliphatic heterocycles. The lowest BCUT2D eigenvalue weighted by molar-refractivity contribution is -0.121. The van der Waals surface area contributed by atoms with Crippen molar-refractivity contribution in [3.63, 3.8) is 0 Å². The van der Waals surface area contributed by atoms with Crippen LogP contribution in [0.3, 0.4) is 0 Å². The van der Waals surface area contributed by atoms with Gasteiger partial charge in [-0.1, -0.05) is 37.3 Å². The average Bonchev–Trinajstić information content (AvgIpc) is 2.27. The van der Waals surface area contributed by atoms with Gasteiger partial charge >= 0.3 is 0 Å². The molecule has 1 amide bonds. The first-order valence-electron chi connectivity index (χ1n) is 5.20. The van der Waals surface area contributed by atoms with Gasteiger partial charge in [-0.3, -0.25) is 4.79 Å². The van der Waals surface area contributed by atoms with Crippen molar-refractivity contribution in [2.24, 2.45) is 0 Å². The van der Waals surface area contributed by atoms with Crippen LogP contribution in [0, 0.1) is 0 Å². The first-order valence-corrected chi connectivity index (χ1v) is 5.20. The number of benzene rings is 1. The Labute approximate surface area is 90.1 Å². The van der Waals surface area contributed by atoms with E-state index in [1.54, 1.807) is 0 Å². The minimum atomic E-state index is -0.124. The molecule has 0 heterocycles. The topological polar surface area (TPSA) is 49.3 Å². The van der Waals surface area contributed by atoms with E-state index in [1.165, 1.54) is 0 Å². The summed E-state index contributed by atoms with van der Waals surface area (Å²) in [5.74, 6) is -0.0397. The zero-order valence-corrected chi connectivity index (χ0v) is 8.94.